The normalized spacial score (nSPS) is 6.92. The minimum absolute atomic E-state index is 0. The van der Waals surface area contributed by atoms with Crippen molar-refractivity contribution in [2.45, 2.75) is 33.6 Å². The van der Waals surface area contributed by atoms with E-state index in [-0.39, 0.29) is 13.8 Å². The Morgan fingerprint density at radius 3 is 2.08 bits per heavy atom. The first-order valence-corrected chi connectivity index (χ1v) is 3.84. The second-order valence-corrected chi connectivity index (χ2v) is 2.42. The number of hydrogen-bond acceptors (Lipinski definition) is 1. The summed E-state index contributed by atoms with van der Waals surface area (Å²) >= 11 is 0. The number of carbonyl (C=O) groups is 1. The number of nitrogens with zero attached hydrogens (tertiary/aromatic N) is 1. The van der Waals surface area contributed by atoms with Gasteiger partial charge in [0, 0.05) is 6.42 Å². The zero-order valence-corrected chi connectivity index (χ0v) is 7.71. The molecule has 0 aliphatic heterocycles. The van der Waals surface area contributed by atoms with Gasteiger partial charge in [0.2, 0.25) is 6.41 Å². The van der Waals surface area contributed by atoms with Crippen molar-refractivity contribution in [1.29, 1.82) is 0 Å². The molecule has 0 rings (SSSR count). The molecule has 0 saturated carbocycles. The lowest BCUT2D eigenvalue weighted by Crippen LogP contribution is -1.97. The Kier molecular flexibility index (Phi) is 23.9. The van der Waals surface area contributed by atoms with E-state index in [0.29, 0.717) is 0 Å². The maximum Gasteiger partial charge on any atom is 0.204 e. The molecule has 0 aromatic heterocycles. The van der Waals surface area contributed by atoms with E-state index in [1.807, 2.05) is 0 Å². The Morgan fingerprint density at radius 2 is 1.83 bits per heavy atom. The molecule has 74 valence electrons. The molecular formula is C9H23N2O+. The van der Waals surface area contributed by atoms with Crippen molar-refractivity contribution in [3.63, 3.8) is 0 Å². The average molecular weight is 179 g/mol. The van der Waals surface area contributed by atoms with Crippen molar-refractivity contribution in [3.8, 4) is 0 Å². The van der Waals surface area contributed by atoms with Gasteiger partial charge in [-0.2, -0.15) is 0 Å². The van der Waals surface area contributed by atoms with E-state index in [4.69, 9.17) is 4.79 Å². The lowest BCUT2D eigenvalue weighted by Gasteiger charge is -1.85. The van der Waals surface area contributed by atoms with E-state index < -0.39 is 0 Å². The van der Waals surface area contributed by atoms with Crippen LogP contribution in [0.5, 0.6) is 0 Å². The van der Waals surface area contributed by atoms with Gasteiger partial charge in [0.15, 0.2) is 0 Å². The van der Waals surface area contributed by atoms with Crippen molar-refractivity contribution in [1.82, 2.24) is 0 Å². The summed E-state index contributed by atoms with van der Waals surface area (Å²) in [5.74, 6) is 0. The van der Waals surface area contributed by atoms with Crippen LogP contribution in [0.2, 0.25) is 0 Å². The minimum atomic E-state index is 0. The van der Waals surface area contributed by atoms with E-state index in [0.717, 1.165) is 0 Å². The van der Waals surface area contributed by atoms with Gasteiger partial charge in [0.1, 0.15) is 20.3 Å². The lowest BCUT2D eigenvalue weighted by atomic mass is 10.3. The summed E-state index contributed by atoms with van der Waals surface area (Å²) in [7, 11) is 4.13. The van der Waals surface area contributed by atoms with Crippen molar-refractivity contribution in [2.24, 2.45) is 5.73 Å². The quantitative estimate of drug-likeness (QED) is 0.174. The van der Waals surface area contributed by atoms with Gasteiger partial charge in [-0.15, -0.1) is 0 Å². The molecule has 2 N–H and O–H groups in total. The van der Waals surface area contributed by atoms with Crippen LogP contribution in [0.25, 0.3) is 0 Å². The number of primary amides is 1. The Bertz CT molecular complexity index is 107. The molecule has 0 saturated heterocycles. The van der Waals surface area contributed by atoms with Crippen LogP contribution < -0.4 is 5.73 Å². The fraction of sp³-hybridized carbons (Fsp3) is 0.778. The molecule has 0 radical (unpaired) electrons. The molecule has 0 bridgehead atoms. The van der Waals surface area contributed by atoms with Crippen LogP contribution in [0.1, 0.15) is 33.6 Å². The molecule has 0 spiro atoms. The standard InChI is InChI=1S/C7H16N.CH3NO.CH4/c1-4-5-6-7-8(2)3;2-1-3;/h7H,4-6H2,1-3H3;1H,(H2,2,3);1H4/q+1;;/i1+1;1+1,2+1;1+1. The predicted octanol–water partition coefficient (Wildman–Crippen LogP) is 1.26. The molecule has 3 nitrogen and oxygen atoms in total. The molecule has 0 aromatic carbocycles. The van der Waals surface area contributed by atoms with Crippen LogP contribution in [0.15, 0.2) is 0 Å². The number of hydrogen-bond donors (Lipinski definition) is 1. The molecule has 12 heavy (non-hydrogen) atoms. The van der Waals surface area contributed by atoms with Crippen LogP contribution in [0.3, 0.4) is 0 Å². The van der Waals surface area contributed by atoms with Crippen molar-refractivity contribution in [2.75, 3.05) is 14.1 Å². The molecule has 0 heterocycles. The number of rotatable bonds is 3. The highest BCUT2D eigenvalue weighted by Crippen LogP contribution is 1.88. The summed E-state index contributed by atoms with van der Waals surface area (Å²) in [6.45, 7) is 2.21. The van der Waals surface area contributed by atoms with Crippen molar-refractivity contribution < 1.29 is 9.37 Å². The maximum atomic E-state index is 8.58. The summed E-state index contributed by atoms with van der Waals surface area (Å²) in [5.41, 5.74) is 4.17. The van der Waals surface area contributed by atoms with Gasteiger partial charge in [-0.1, -0.05) is 20.8 Å². The third kappa shape index (κ3) is 35.3. The van der Waals surface area contributed by atoms with Gasteiger partial charge in [-0.3, -0.25) is 4.79 Å². The molecule has 0 aliphatic rings. The lowest BCUT2D eigenvalue weighted by molar-refractivity contribution is -0.460. The number of amides is 1. The van der Waals surface area contributed by atoms with Gasteiger partial charge >= 0.3 is 0 Å². The fourth-order valence-electron chi connectivity index (χ4n) is 0.554. The highest BCUT2D eigenvalue weighted by Gasteiger charge is 1.82. The fourth-order valence-corrected chi connectivity index (χ4v) is 0.554. The number of carbonyl (C=O) groups excluding carboxylic acids is 1. The topological polar surface area (TPSA) is 46.1 Å². The smallest absolute Gasteiger partial charge is 0.204 e. The second-order valence-electron chi connectivity index (χ2n) is 2.42. The first-order valence-electron chi connectivity index (χ1n) is 3.84. The van der Waals surface area contributed by atoms with Gasteiger partial charge < -0.3 is 5.73 Å². The Hall–Kier alpha value is -0.860. The summed E-state index contributed by atoms with van der Waals surface area (Å²) in [5, 5.41) is 0. The predicted molar refractivity (Wildman–Crippen MR) is 54.7 cm³/mol. The van der Waals surface area contributed by atoms with Gasteiger partial charge in [0.25, 0.3) is 0 Å². The Morgan fingerprint density at radius 1 is 1.42 bits per heavy atom. The Balaban J connectivity index is -0.000000177. The zero-order chi connectivity index (χ0) is 9.11. The highest BCUT2D eigenvalue weighted by atomic mass is 16.2. The highest BCUT2D eigenvalue weighted by molar-refractivity contribution is 5.50. The molecule has 0 atom stereocenters. The van der Waals surface area contributed by atoms with Crippen molar-refractivity contribution in [3.05, 3.63) is 0 Å². The van der Waals surface area contributed by atoms with Crippen LogP contribution in [-0.4, -0.2) is 31.3 Å². The van der Waals surface area contributed by atoms with Gasteiger partial charge in [-0.05, 0) is 6.42 Å². The van der Waals surface area contributed by atoms with E-state index in [9.17, 15) is 0 Å². The van der Waals surface area contributed by atoms with Gasteiger partial charge in [-0.25, -0.2) is 4.58 Å². The second kappa shape index (κ2) is 16.6. The first-order chi connectivity index (χ1) is 5.18. The van der Waals surface area contributed by atoms with Crippen LogP contribution in [0, 0.1) is 0 Å². The van der Waals surface area contributed by atoms with Crippen LogP contribution in [-0.2, 0) is 4.79 Å². The summed E-state index contributed by atoms with van der Waals surface area (Å²) in [6, 6.07) is 0. The molecule has 1 amide bonds. The molecule has 0 aromatic rings. The number of nitrogens with two attached hydrogens (primary N) is 1. The largest absolute Gasteiger partial charge is 0.372 e. The van der Waals surface area contributed by atoms with Crippen LogP contribution >= 0.6 is 0 Å². The van der Waals surface area contributed by atoms with Crippen molar-refractivity contribution >= 4 is 12.6 Å². The third-order valence-corrected chi connectivity index (χ3v) is 1.05. The SMILES string of the molecule is C[N+](C)=CCCC[13CH3].[13CH4].[15NH2][13CH]=O. The zero-order valence-electron chi connectivity index (χ0n) is 7.71. The molecule has 0 aliphatic carbocycles. The Labute approximate surface area is 76.3 Å². The molecular weight excluding hydrogens is 156 g/mol. The average Bonchev–Trinajstić information content (AvgIpc) is 1.89. The maximum absolute atomic E-state index is 8.58. The third-order valence-electron chi connectivity index (χ3n) is 1.05. The summed E-state index contributed by atoms with van der Waals surface area (Å²) in [6.07, 6.45) is 6.30. The number of unbranched alkanes of at least 4 members (excludes halogenated alkanes) is 2. The summed E-state index contributed by atoms with van der Waals surface area (Å²) < 4.78 is 2.11. The first kappa shape index (κ1) is 17.3. The van der Waals surface area contributed by atoms with Crippen LogP contribution in [0.4, 0.5) is 0 Å². The minimum Gasteiger partial charge on any atom is -0.372 e. The van der Waals surface area contributed by atoms with E-state index in [1.54, 1.807) is 0 Å². The molecule has 0 fully saturated rings. The monoisotopic (exact) mass is 179 g/mol. The molecule has 3 heteroatoms. The van der Waals surface area contributed by atoms with E-state index >= 15 is 0 Å². The molecule has 0 unspecified atom stereocenters. The van der Waals surface area contributed by atoms with E-state index in [2.05, 4.69) is 37.5 Å². The summed E-state index contributed by atoms with van der Waals surface area (Å²) in [4.78, 5) is 8.58. The van der Waals surface area contributed by atoms with E-state index in [1.165, 1.54) is 19.3 Å². The van der Waals surface area contributed by atoms with Gasteiger partial charge in [0.05, 0.1) is 0 Å².